The summed E-state index contributed by atoms with van der Waals surface area (Å²) in [5.41, 5.74) is 0.470. The second-order valence-electron chi connectivity index (χ2n) is 9.71. The third kappa shape index (κ3) is 6.45. The molecule has 1 aromatic heterocycles. The summed E-state index contributed by atoms with van der Waals surface area (Å²) in [6.07, 6.45) is 2.81. The maximum Gasteiger partial charge on any atom is 0.410 e. The summed E-state index contributed by atoms with van der Waals surface area (Å²) in [5.74, 6) is 1.52. The summed E-state index contributed by atoms with van der Waals surface area (Å²) in [4.78, 5) is 22.7. The Kier molecular flexibility index (Phi) is 8.01. The van der Waals surface area contributed by atoms with Crippen molar-refractivity contribution < 1.29 is 23.4 Å². The molecule has 8 nitrogen and oxygen atoms in total. The van der Waals surface area contributed by atoms with Crippen LogP contribution in [0.2, 0.25) is 0 Å². The van der Waals surface area contributed by atoms with E-state index in [9.17, 15) is 9.18 Å². The van der Waals surface area contributed by atoms with Crippen molar-refractivity contribution in [3.05, 3.63) is 46.0 Å². The molecule has 2 aromatic carbocycles. The first kappa shape index (κ1) is 26.2. The Bertz CT molecular complexity index is 1240. The van der Waals surface area contributed by atoms with E-state index in [1.807, 2.05) is 26.8 Å². The van der Waals surface area contributed by atoms with E-state index in [0.717, 1.165) is 16.4 Å². The molecule has 10 heteroatoms. The van der Waals surface area contributed by atoms with E-state index in [4.69, 9.17) is 14.2 Å². The van der Waals surface area contributed by atoms with Gasteiger partial charge in [-0.05, 0) is 86.4 Å². The lowest BCUT2D eigenvalue weighted by atomic mass is 9.98. The van der Waals surface area contributed by atoms with E-state index < -0.39 is 5.60 Å². The number of fused-ring (bicyclic) bond motifs is 1. The van der Waals surface area contributed by atoms with Crippen LogP contribution in [0.1, 0.15) is 33.6 Å². The third-order valence-electron chi connectivity index (χ3n) is 5.85. The smallest absolute Gasteiger partial charge is 0.410 e. The van der Waals surface area contributed by atoms with Crippen LogP contribution in [0.5, 0.6) is 11.5 Å². The molecule has 3 aromatic rings. The van der Waals surface area contributed by atoms with Crippen LogP contribution in [0.4, 0.5) is 20.7 Å². The Labute approximate surface area is 223 Å². The highest BCUT2D eigenvalue weighted by molar-refractivity contribution is 14.1. The van der Waals surface area contributed by atoms with E-state index >= 15 is 0 Å². The number of hydrogen-bond donors (Lipinski definition) is 1. The normalized spacial score (nSPS) is 14.6. The first-order chi connectivity index (χ1) is 17.1. The summed E-state index contributed by atoms with van der Waals surface area (Å²) >= 11 is 2.07. The molecule has 0 saturated carbocycles. The molecule has 2 heterocycles. The number of carbonyl (C=O) groups excluding carboxylic acids is 1. The van der Waals surface area contributed by atoms with Gasteiger partial charge < -0.3 is 24.4 Å². The molecule has 4 rings (SSSR count). The van der Waals surface area contributed by atoms with Gasteiger partial charge in [-0.1, -0.05) is 0 Å². The molecular weight excluding hydrogens is 578 g/mol. The van der Waals surface area contributed by atoms with Crippen LogP contribution in [0, 0.1) is 15.3 Å². The molecule has 0 spiro atoms. The zero-order valence-electron chi connectivity index (χ0n) is 20.8. The molecule has 1 aliphatic rings. The number of hydrogen-bond acceptors (Lipinski definition) is 7. The van der Waals surface area contributed by atoms with E-state index in [1.54, 1.807) is 30.2 Å². The molecule has 1 aliphatic heterocycles. The Hall–Kier alpha value is -2.89. The number of amides is 1. The minimum atomic E-state index is -0.503. The quantitative estimate of drug-likeness (QED) is 0.336. The Morgan fingerprint density at radius 1 is 1.17 bits per heavy atom. The van der Waals surface area contributed by atoms with Crippen molar-refractivity contribution in [1.82, 2.24) is 14.9 Å². The van der Waals surface area contributed by atoms with Gasteiger partial charge in [0.1, 0.15) is 23.6 Å². The SMILES string of the molecule is COc1cc2c(Nc3ccc(I)cc3F)ncnc2cc1OCC1CCN(C(=O)OC(C)(C)C)CC1. The van der Waals surface area contributed by atoms with Crippen LogP contribution in [0.25, 0.3) is 10.9 Å². The highest BCUT2D eigenvalue weighted by Crippen LogP contribution is 2.36. The predicted octanol–water partition coefficient (Wildman–Crippen LogP) is 6.15. The standard InChI is InChI=1S/C26H30FIN4O4/c1-26(2,3)36-25(33)32-9-7-16(8-10-32)14-35-23-13-21-18(12-22(23)34-4)24(30-15-29-21)31-20-6-5-17(28)11-19(20)27/h5-6,11-13,15-16H,7-10,14H2,1-4H3,(H,29,30,31). The van der Waals surface area contributed by atoms with Crippen molar-refractivity contribution in [3.63, 3.8) is 0 Å². The van der Waals surface area contributed by atoms with Crippen LogP contribution < -0.4 is 14.8 Å². The number of anilines is 2. The summed E-state index contributed by atoms with van der Waals surface area (Å²) < 4.78 is 32.4. The number of nitrogens with one attached hydrogen (secondary N) is 1. The lowest BCUT2D eigenvalue weighted by molar-refractivity contribution is 0.0164. The molecular formula is C26H30FIN4O4. The first-order valence-corrected chi connectivity index (χ1v) is 12.9. The molecule has 36 heavy (non-hydrogen) atoms. The molecule has 0 bridgehead atoms. The number of nitrogens with zero attached hydrogens (tertiary/aromatic N) is 3. The molecule has 0 aliphatic carbocycles. The van der Waals surface area contributed by atoms with Crippen LogP contribution in [-0.2, 0) is 4.74 Å². The van der Waals surface area contributed by atoms with Gasteiger partial charge in [0, 0.05) is 28.1 Å². The van der Waals surface area contributed by atoms with Crippen LogP contribution >= 0.6 is 22.6 Å². The number of likely N-dealkylation sites (tertiary alicyclic amines) is 1. The molecule has 1 N–H and O–H groups in total. The fourth-order valence-electron chi connectivity index (χ4n) is 3.97. The van der Waals surface area contributed by atoms with Gasteiger partial charge >= 0.3 is 6.09 Å². The van der Waals surface area contributed by atoms with E-state index in [1.165, 1.54) is 12.4 Å². The van der Waals surface area contributed by atoms with E-state index in [-0.39, 0.29) is 11.9 Å². The van der Waals surface area contributed by atoms with Gasteiger partial charge in [-0.25, -0.2) is 19.2 Å². The van der Waals surface area contributed by atoms with Crippen molar-refractivity contribution >= 4 is 51.1 Å². The largest absolute Gasteiger partial charge is 0.493 e. The number of halogens is 2. The minimum absolute atomic E-state index is 0.271. The fourth-order valence-corrected chi connectivity index (χ4v) is 4.42. The monoisotopic (exact) mass is 608 g/mol. The first-order valence-electron chi connectivity index (χ1n) is 11.8. The number of aromatic nitrogens is 2. The second kappa shape index (κ2) is 11.0. The predicted molar refractivity (Wildman–Crippen MR) is 145 cm³/mol. The van der Waals surface area contributed by atoms with Crippen molar-refractivity contribution in [3.8, 4) is 11.5 Å². The van der Waals surface area contributed by atoms with Crippen molar-refractivity contribution in [2.45, 2.75) is 39.2 Å². The molecule has 1 fully saturated rings. The lowest BCUT2D eigenvalue weighted by Gasteiger charge is -2.33. The Morgan fingerprint density at radius 3 is 2.58 bits per heavy atom. The molecule has 1 amide bonds. The Morgan fingerprint density at radius 2 is 1.92 bits per heavy atom. The number of benzene rings is 2. The minimum Gasteiger partial charge on any atom is -0.493 e. The zero-order chi connectivity index (χ0) is 25.9. The van der Waals surface area contributed by atoms with E-state index in [2.05, 4.69) is 37.9 Å². The number of rotatable bonds is 6. The van der Waals surface area contributed by atoms with Gasteiger partial charge in [-0.15, -0.1) is 0 Å². The number of ether oxygens (including phenoxy) is 3. The topological polar surface area (TPSA) is 85.8 Å². The summed E-state index contributed by atoms with van der Waals surface area (Å²) in [7, 11) is 1.57. The zero-order valence-corrected chi connectivity index (χ0v) is 23.0. The molecule has 1 saturated heterocycles. The fraction of sp³-hybridized carbons (Fsp3) is 0.423. The van der Waals surface area contributed by atoms with Crippen LogP contribution in [0.3, 0.4) is 0 Å². The van der Waals surface area contributed by atoms with Crippen molar-refractivity contribution in [2.24, 2.45) is 5.92 Å². The van der Waals surface area contributed by atoms with Gasteiger partial charge in [-0.2, -0.15) is 0 Å². The average molecular weight is 608 g/mol. The average Bonchev–Trinajstić information content (AvgIpc) is 2.83. The Balaban J connectivity index is 1.44. The molecule has 0 atom stereocenters. The van der Waals surface area contributed by atoms with Crippen molar-refractivity contribution in [1.29, 1.82) is 0 Å². The highest BCUT2D eigenvalue weighted by atomic mass is 127. The number of methoxy groups -OCH3 is 1. The van der Waals surface area contributed by atoms with E-state index in [0.29, 0.717) is 59.5 Å². The second-order valence-corrected chi connectivity index (χ2v) is 11.0. The van der Waals surface area contributed by atoms with Crippen LogP contribution in [0.15, 0.2) is 36.7 Å². The summed E-state index contributed by atoms with van der Waals surface area (Å²) in [6, 6.07) is 8.55. The van der Waals surface area contributed by atoms with Crippen LogP contribution in [-0.4, -0.2) is 53.4 Å². The maximum absolute atomic E-state index is 14.4. The summed E-state index contributed by atoms with van der Waals surface area (Å²) in [5, 5.41) is 3.74. The number of piperidine rings is 1. The van der Waals surface area contributed by atoms with Gasteiger partial charge in [0.05, 0.1) is 24.9 Å². The maximum atomic E-state index is 14.4. The highest BCUT2D eigenvalue weighted by Gasteiger charge is 2.27. The van der Waals surface area contributed by atoms with Gasteiger partial charge in [0.25, 0.3) is 0 Å². The molecule has 0 radical (unpaired) electrons. The number of carbonyl (C=O) groups is 1. The van der Waals surface area contributed by atoms with Gasteiger partial charge in [0.2, 0.25) is 0 Å². The molecule has 192 valence electrons. The van der Waals surface area contributed by atoms with Gasteiger partial charge in [0.15, 0.2) is 11.5 Å². The van der Waals surface area contributed by atoms with Crippen molar-refractivity contribution in [2.75, 3.05) is 32.1 Å². The lowest BCUT2D eigenvalue weighted by Crippen LogP contribution is -2.42. The summed E-state index contributed by atoms with van der Waals surface area (Å²) in [6.45, 7) is 7.37. The van der Waals surface area contributed by atoms with Gasteiger partial charge in [-0.3, -0.25) is 0 Å². The third-order valence-corrected chi connectivity index (χ3v) is 6.52. The molecule has 0 unspecified atom stereocenters.